The Morgan fingerprint density at radius 2 is 2.14 bits per heavy atom. The zero-order chi connectivity index (χ0) is 15.7. The summed E-state index contributed by atoms with van der Waals surface area (Å²) in [5.41, 5.74) is 0.166. The van der Waals surface area contributed by atoms with Gasteiger partial charge in [-0.2, -0.15) is 0 Å². The van der Waals surface area contributed by atoms with Crippen molar-refractivity contribution in [2.45, 2.75) is 52.0 Å². The molecule has 2 aliphatic heterocycles. The summed E-state index contributed by atoms with van der Waals surface area (Å²) >= 11 is 0. The Morgan fingerprint density at radius 3 is 2.82 bits per heavy atom. The van der Waals surface area contributed by atoms with Gasteiger partial charge in [-0.25, -0.2) is 4.98 Å². The number of likely N-dealkylation sites (tertiary alicyclic amines) is 2. The van der Waals surface area contributed by atoms with E-state index in [-0.39, 0.29) is 11.5 Å². The highest BCUT2D eigenvalue weighted by molar-refractivity contribution is 5.82. The number of aromatic nitrogens is 2. The number of imidazole rings is 1. The molecular weight excluding hydrogens is 276 g/mol. The monoisotopic (exact) mass is 304 g/mol. The maximum atomic E-state index is 12.8. The van der Waals surface area contributed by atoms with Crippen LogP contribution in [0, 0.1) is 5.41 Å². The number of nitrogens with zero attached hydrogens (tertiary/aromatic N) is 3. The van der Waals surface area contributed by atoms with E-state index in [4.69, 9.17) is 0 Å². The average Bonchev–Trinajstić information content (AvgIpc) is 3.09. The van der Waals surface area contributed by atoms with Crippen LogP contribution < -0.4 is 0 Å². The summed E-state index contributed by atoms with van der Waals surface area (Å²) in [6.45, 7) is 10.3. The highest BCUT2D eigenvalue weighted by Crippen LogP contribution is 2.30. The lowest BCUT2D eigenvalue weighted by molar-refractivity contribution is -0.141. The summed E-state index contributed by atoms with van der Waals surface area (Å²) < 4.78 is 0. The second kappa shape index (κ2) is 6.03. The minimum atomic E-state index is 0.0797. The largest absolute Gasteiger partial charge is 0.348 e. The zero-order valence-electron chi connectivity index (χ0n) is 14.0. The third-order valence-corrected chi connectivity index (χ3v) is 4.73. The first kappa shape index (κ1) is 15.5. The number of carbonyl (C=O) groups is 1. The van der Waals surface area contributed by atoms with Gasteiger partial charge < -0.3 is 9.88 Å². The molecule has 1 amide bonds. The predicted octanol–water partition coefficient (Wildman–Crippen LogP) is 2.24. The molecule has 3 rings (SSSR count). The summed E-state index contributed by atoms with van der Waals surface area (Å²) in [5, 5.41) is 0. The van der Waals surface area contributed by atoms with Gasteiger partial charge in [0, 0.05) is 37.9 Å². The second-order valence-electron chi connectivity index (χ2n) is 7.93. The van der Waals surface area contributed by atoms with Crippen molar-refractivity contribution in [1.29, 1.82) is 0 Å². The standard InChI is InChI=1S/C17H28N4O/c1-17(2,3)12-21-9-4-5-14(16(21)22)20-10-6-13(11-20)15-18-7-8-19-15/h7-8,13-14H,4-6,9-12H2,1-3H3,(H,18,19)/t13-,14+/m1/s1. The van der Waals surface area contributed by atoms with Crippen LogP contribution in [0.1, 0.15) is 51.8 Å². The van der Waals surface area contributed by atoms with Gasteiger partial charge in [0.2, 0.25) is 5.91 Å². The molecule has 0 aromatic carbocycles. The lowest BCUT2D eigenvalue weighted by atomic mass is 9.93. The molecule has 0 bridgehead atoms. The van der Waals surface area contributed by atoms with Crippen molar-refractivity contribution in [3.8, 4) is 0 Å². The summed E-state index contributed by atoms with van der Waals surface area (Å²) in [6, 6.07) is 0.0797. The first-order valence-corrected chi connectivity index (χ1v) is 8.46. The number of piperidine rings is 1. The van der Waals surface area contributed by atoms with E-state index in [1.54, 1.807) is 0 Å². The van der Waals surface area contributed by atoms with Crippen LogP contribution in [0.4, 0.5) is 0 Å². The lowest BCUT2D eigenvalue weighted by Gasteiger charge is -2.39. The zero-order valence-corrected chi connectivity index (χ0v) is 14.0. The predicted molar refractivity (Wildman–Crippen MR) is 86.6 cm³/mol. The number of hydrogen-bond donors (Lipinski definition) is 1. The van der Waals surface area contributed by atoms with E-state index in [9.17, 15) is 4.79 Å². The fourth-order valence-corrected chi connectivity index (χ4v) is 3.78. The fourth-order valence-electron chi connectivity index (χ4n) is 3.78. The molecule has 22 heavy (non-hydrogen) atoms. The molecule has 5 nitrogen and oxygen atoms in total. The first-order chi connectivity index (χ1) is 10.4. The molecule has 0 unspecified atom stereocenters. The van der Waals surface area contributed by atoms with Crippen LogP contribution in [0.2, 0.25) is 0 Å². The van der Waals surface area contributed by atoms with Gasteiger partial charge >= 0.3 is 0 Å². The van der Waals surface area contributed by atoms with Gasteiger partial charge in [-0.05, 0) is 31.2 Å². The maximum Gasteiger partial charge on any atom is 0.239 e. The quantitative estimate of drug-likeness (QED) is 0.932. The minimum Gasteiger partial charge on any atom is -0.348 e. The van der Waals surface area contributed by atoms with Crippen LogP contribution in [0.3, 0.4) is 0 Å². The topological polar surface area (TPSA) is 52.2 Å². The molecule has 2 fully saturated rings. The Hall–Kier alpha value is -1.36. The number of carbonyl (C=O) groups excluding carboxylic acids is 1. The molecule has 3 heterocycles. The van der Waals surface area contributed by atoms with Gasteiger partial charge in [0.1, 0.15) is 5.82 Å². The molecule has 1 aromatic heterocycles. The van der Waals surface area contributed by atoms with Crippen LogP contribution in [0.25, 0.3) is 0 Å². The SMILES string of the molecule is CC(C)(C)CN1CCC[C@H](N2CC[C@@H](c3ncc[nH]3)C2)C1=O. The average molecular weight is 304 g/mol. The Kier molecular flexibility index (Phi) is 4.26. The van der Waals surface area contributed by atoms with Crippen molar-refractivity contribution in [2.24, 2.45) is 5.41 Å². The van der Waals surface area contributed by atoms with Gasteiger partial charge in [0.05, 0.1) is 6.04 Å². The number of amides is 1. The van der Waals surface area contributed by atoms with Crippen molar-refractivity contribution in [3.63, 3.8) is 0 Å². The number of rotatable bonds is 3. The number of hydrogen-bond acceptors (Lipinski definition) is 3. The molecule has 0 spiro atoms. The van der Waals surface area contributed by atoms with Gasteiger partial charge in [0.15, 0.2) is 0 Å². The molecule has 1 N–H and O–H groups in total. The normalized spacial score (nSPS) is 27.6. The van der Waals surface area contributed by atoms with Crippen LogP contribution in [0.15, 0.2) is 12.4 Å². The van der Waals surface area contributed by atoms with Crippen LogP contribution >= 0.6 is 0 Å². The van der Waals surface area contributed by atoms with E-state index in [0.717, 1.165) is 51.3 Å². The van der Waals surface area contributed by atoms with Crippen LogP contribution in [0.5, 0.6) is 0 Å². The molecule has 0 saturated carbocycles. The molecule has 0 radical (unpaired) electrons. The summed E-state index contributed by atoms with van der Waals surface area (Å²) in [6.07, 6.45) is 6.92. The van der Waals surface area contributed by atoms with E-state index >= 15 is 0 Å². The van der Waals surface area contributed by atoms with Gasteiger partial charge in [-0.15, -0.1) is 0 Å². The fraction of sp³-hybridized carbons (Fsp3) is 0.765. The molecule has 122 valence electrons. The molecule has 5 heteroatoms. The van der Waals surface area contributed by atoms with Crippen molar-refractivity contribution in [2.75, 3.05) is 26.2 Å². The van der Waals surface area contributed by atoms with E-state index in [1.165, 1.54) is 0 Å². The molecular formula is C17H28N4O. The third-order valence-electron chi connectivity index (χ3n) is 4.73. The highest BCUT2D eigenvalue weighted by atomic mass is 16.2. The smallest absolute Gasteiger partial charge is 0.239 e. The van der Waals surface area contributed by atoms with Gasteiger partial charge in [-0.3, -0.25) is 9.69 Å². The van der Waals surface area contributed by atoms with Crippen molar-refractivity contribution < 1.29 is 4.79 Å². The second-order valence-corrected chi connectivity index (χ2v) is 7.93. The number of H-pyrrole nitrogens is 1. The van der Waals surface area contributed by atoms with E-state index in [0.29, 0.717) is 11.8 Å². The minimum absolute atomic E-state index is 0.0797. The number of aromatic amines is 1. The third kappa shape index (κ3) is 3.35. The van der Waals surface area contributed by atoms with Crippen molar-refractivity contribution in [3.05, 3.63) is 18.2 Å². The van der Waals surface area contributed by atoms with E-state index < -0.39 is 0 Å². The molecule has 2 aliphatic rings. The maximum absolute atomic E-state index is 12.8. The molecule has 1 aromatic rings. The molecule has 0 aliphatic carbocycles. The molecule has 2 atom stereocenters. The Morgan fingerprint density at radius 1 is 1.32 bits per heavy atom. The first-order valence-electron chi connectivity index (χ1n) is 8.46. The number of nitrogens with one attached hydrogen (secondary N) is 1. The van der Waals surface area contributed by atoms with E-state index in [2.05, 4.69) is 40.5 Å². The highest BCUT2D eigenvalue weighted by Gasteiger charge is 2.38. The Bertz CT molecular complexity index is 505. The van der Waals surface area contributed by atoms with E-state index in [1.807, 2.05) is 12.4 Å². The summed E-state index contributed by atoms with van der Waals surface area (Å²) in [7, 11) is 0. The summed E-state index contributed by atoms with van der Waals surface area (Å²) in [4.78, 5) is 24.9. The van der Waals surface area contributed by atoms with Gasteiger partial charge in [0.25, 0.3) is 0 Å². The lowest BCUT2D eigenvalue weighted by Crippen LogP contribution is -2.53. The molecule has 2 saturated heterocycles. The van der Waals surface area contributed by atoms with Crippen molar-refractivity contribution >= 4 is 5.91 Å². The van der Waals surface area contributed by atoms with Gasteiger partial charge in [-0.1, -0.05) is 20.8 Å². The van der Waals surface area contributed by atoms with Crippen molar-refractivity contribution in [1.82, 2.24) is 19.8 Å². The Labute approximate surface area is 133 Å². The Balaban J connectivity index is 1.63. The summed E-state index contributed by atoms with van der Waals surface area (Å²) in [5.74, 6) is 1.85. The van der Waals surface area contributed by atoms with Crippen LogP contribution in [-0.4, -0.2) is 57.9 Å². The van der Waals surface area contributed by atoms with Crippen LogP contribution in [-0.2, 0) is 4.79 Å².